The maximum absolute atomic E-state index is 12.2. The zero-order chi connectivity index (χ0) is 15.2. The number of benzene rings is 1. The maximum atomic E-state index is 12.2. The first-order valence-electron chi connectivity index (χ1n) is 6.07. The van der Waals surface area contributed by atoms with Gasteiger partial charge in [0.25, 0.3) is 5.91 Å². The summed E-state index contributed by atoms with van der Waals surface area (Å²) in [6.07, 6.45) is -0.226. The van der Waals surface area contributed by atoms with Crippen molar-refractivity contribution in [1.29, 1.82) is 0 Å². The molecule has 6 nitrogen and oxygen atoms in total. The lowest BCUT2D eigenvalue weighted by Gasteiger charge is -2.28. The number of carbonyl (C=O) groups excluding carboxylic acids is 1. The number of aliphatic carboxylic acids is 1. The van der Waals surface area contributed by atoms with Gasteiger partial charge in [0.1, 0.15) is 5.75 Å². The Balaban J connectivity index is 2.86. The lowest BCUT2D eigenvalue weighted by molar-refractivity contribution is -0.139. The van der Waals surface area contributed by atoms with E-state index in [-0.39, 0.29) is 18.9 Å². The summed E-state index contributed by atoms with van der Waals surface area (Å²) in [5.41, 5.74) is -0.571. The summed E-state index contributed by atoms with van der Waals surface area (Å²) >= 11 is 0. The SMILES string of the molecule is COCC(C)(CC(=O)O)NC(=O)c1cccc(OC)c1. The molecule has 0 bridgehead atoms. The van der Waals surface area contributed by atoms with Crippen molar-refractivity contribution in [2.75, 3.05) is 20.8 Å². The van der Waals surface area contributed by atoms with Gasteiger partial charge in [-0.15, -0.1) is 0 Å². The molecule has 1 atom stereocenters. The van der Waals surface area contributed by atoms with E-state index in [2.05, 4.69) is 5.32 Å². The molecule has 0 aliphatic rings. The van der Waals surface area contributed by atoms with Gasteiger partial charge in [0.05, 0.1) is 25.7 Å². The minimum atomic E-state index is -1.00. The van der Waals surface area contributed by atoms with Gasteiger partial charge in [0, 0.05) is 12.7 Å². The highest BCUT2D eigenvalue weighted by Gasteiger charge is 2.30. The fraction of sp³-hybridized carbons (Fsp3) is 0.429. The molecule has 0 radical (unpaired) electrons. The molecule has 6 heteroatoms. The van der Waals surface area contributed by atoms with Gasteiger partial charge in [-0.1, -0.05) is 6.07 Å². The van der Waals surface area contributed by atoms with E-state index in [1.165, 1.54) is 14.2 Å². The van der Waals surface area contributed by atoms with E-state index in [9.17, 15) is 9.59 Å². The number of carboxylic acid groups (broad SMARTS) is 1. The van der Waals surface area contributed by atoms with Crippen LogP contribution in [0.3, 0.4) is 0 Å². The Morgan fingerprint density at radius 3 is 2.60 bits per heavy atom. The van der Waals surface area contributed by atoms with Crippen molar-refractivity contribution >= 4 is 11.9 Å². The molecule has 1 unspecified atom stereocenters. The third-order valence-corrected chi connectivity index (χ3v) is 2.75. The molecule has 0 aromatic heterocycles. The van der Waals surface area contributed by atoms with Crippen LogP contribution in [0.5, 0.6) is 5.75 Å². The van der Waals surface area contributed by atoms with Crippen LogP contribution in [0.15, 0.2) is 24.3 Å². The van der Waals surface area contributed by atoms with E-state index >= 15 is 0 Å². The second-order valence-electron chi connectivity index (χ2n) is 4.75. The van der Waals surface area contributed by atoms with Gasteiger partial charge >= 0.3 is 5.97 Å². The van der Waals surface area contributed by atoms with Crippen molar-refractivity contribution in [3.8, 4) is 5.75 Å². The lowest BCUT2D eigenvalue weighted by atomic mass is 9.98. The van der Waals surface area contributed by atoms with E-state index in [4.69, 9.17) is 14.6 Å². The van der Waals surface area contributed by atoms with Crippen molar-refractivity contribution < 1.29 is 24.2 Å². The number of amides is 1. The molecule has 0 spiro atoms. The Kier molecular flexibility index (Phi) is 5.52. The van der Waals surface area contributed by atoms with Crippen molar-refractivity contribution in [2.45, 2.75) is 18.9 Å². The molecule has 1 amide bonds. The summed E-state index contributed by atoms with van der Waals surface area (Å²) in [7, 11) is 2.97. The highest BCUT2D eigenvalue weighted by molar-refractivity contribution is 5.95. The maximum Gasteiger partial charge on any atom is 0.305 e. The summed E-state index contributed by atoms with van der Waals surface area (Å²) in [6.45, 7) is 1.73. The van der Waals surface area contributed by atoms with Crippen LogP contribution in [0.1, 0.15) is 23.7 Å². The van der Waals surface area contributed by atoms with Crippen molar-refractivity contribution in [3.63, 3.8) is 0 Å². The highest BCUT2D eigenvalue weighted by atomic mass is 16.5. The zero-order valence-corrected chi connectivity index (χ0v) is 11.8. The first-order chi connectivity index (χ1) is 9.40. The Morgan fingerprint density at radius 2 is 2.05 bits per heavy atom. The van der Waals surface area contributed by atoms with Crippen LogP contribution in [0, 0.1) is 0 Å². The molecule has 1 aromatic carbocycles. The van der Waals surface area contributed by atoms with Crippen LogP contribution in [-0.4, -0.2) is 43.3 Å². The molecule has 0 saturated carbocycles. The van der Waals surface area contributed by atoms with Gasteiger partial charge in [-0.3, -0.25) is 9.59 Å². The summed E-state index contributed by atoms with van der Waals surface area (Å²) < 4.78 is 10.0. The molecule has 0 heterocycles. The smallest absolute Gasteiger partial charge is 0.305 e. The number of ether oxygens (including phenoxy) is 2. The number of nitrogens with one attached hydrogen (secondary N) is 1. The van der Waals surface area contributed by atoms with E-state index in [0.29, 0.717) is 11.3 Å². The lowest BCUT2D eigenvalue weighted by Crippen LogP contribution is -2.50. The van der Waals surface area contributed by atoms with Crippen LogP contribution < -0.4 is 10.1 Å². The van der Waals surface area contributed by atoms with E-state index in [1.54, 1.807) is 31.2 Å². The fourth-order valence-electron chi connectivity index (χ4n) is 1.89. The van der Waals surface area contributed by atoms with E-state index in [1.807, 2.05) is 0 Å². The second-order valence-corrected chi connectivity index (χ2v) is 4.75. The minimum Gasteiger partial charge on any atom is -0.497 e. The molecular formula is C14H19NO5. The van der Waals surface area contributed by atoms with Gasteiger partial charge in [-0.2, -0.15) is 0 Å². The zero-order valence-electron chi connectivity index (χ0n) is 11.8. The molecule has 0 saturated heterocycles. The van der Waals surface area contributed by atoms with Gasteiger partial charge in [-0.25, -0.2) is 0 Å². The summed E-state index contributed by atoms with van der Waals surface area (Å²) in [5, 5.41) is 11.6. The summed E-state index contributed by atoms with van der Waals surface area (Å²) in [4.78, 5) is 23.1. The molecule has 0 aliphatic carbocycles. The van der Waals surface area contributed by atoms with Crippen molar-refractivity contribution in [2.24, 2.45) is 0 Å². The molecule has 0 fully saturated rings. The first kappa shape index (κ1) is 16.0. The molecule has 20 heavy (non-hydrogen) atoms. The average Bonchev–Trinajstić information content (AvgIpc) is 2.37. The molecule has 2 N–H and O–H groups in total. The third kappa shape index (κ3) is 4.55. The summed E-state index contributed by atoms with van der Waals surface area (Å²) in [6, 6.07) is 6.64. The van der Waals surface area contributed by atoms with Gasteiger partial charge in [0.2, 0.25) is 0 Å². The molecule has 1 aromatic rings. The third-order valence-electron chi connectivity index (χ3n) is 2.75. The average molecular weight is 281 g/mol. The molecular weight excluding hydrogens is 262 g/mol. The van der Waals surface area contributed by atoms with Crippen LogP contribution in [-0.2, 0) is 9.53 Å². The molecule has 0 aliphatic heterocycles. The van der Waals surface area contributed by atoms with Gasteiger partial charge in [0.15, 0.2) is 0 Å². The fourth-order valence-corrected chi connectivity index (χ4v) is 1.89. The standard InChI is InChI=1S/C14H19NO5/c1-14(9-19-2,8-12(16)17)15-13(18)10-5-4-6-11(7-10)20-3/h4-7H,8-9H2,1-3H3,(H,15,18)(H,16,17). The predicted octanol–water partition coefficient (Wildman–Crippen LogP) is 1.30. The predicted molar refractivity (Wildman–Crippen MR) is 73.0 cm³/mol. The van der Waals surface area contributed by atoms with E-state index in [0.717, 1.165) is 0 Å². The highest BCUT2D eigenvalue weighted by Crippen LogP contribution is 2.15. The van der Waals surface area contributed by atoms with Crippen LogP contribution in [0.25, 0.3) is 0 Å². The number of carboxylic acids is 1. The van der Waals surface area contributed by atoms with Crippen molar-refractivity contribution in [3.05, 3.63) is 29.8 Å². The minimum absolute atomic E-state index is 0.106. The normalized spacial score (nSPS) is 13.3. The number of rotatable bonds is 7. The molecule has 1 rings (SSSR count). The largest absolute Gasteiger partial charge is 0.497 e. The van der Waals surface area contributed by atoms with Crippen molar-refractivity contribution in [1.82, 2.24) is 5.32 Å². The Hall–Kier alpha value is -2.08. The van der Waals surface area contributed by atoms with Crippen LogP contribution in [0.2, 0.25) is 0 Å². The second kappa shape index (κ2) is 6.91. The number of hydrogen-bond donors (Lipinski definition) is 2. The number of carbonyl (C=O) groups is 2. The summed E-state index contributed by atoms with van der Waals surface area (Å²) in [5.74, 6) is -0.815. The van der Waals surface area contributed by atoms with Gasteiger partial charge in [-0.05, 0) is 25.1 Å². The van der Waals surface area contributed by atoms with Crippen LogP contribution >= 0.6 is 0 Å². The Morgan fingerprint density at radius 1 is 1.35 bits per heavy atom. The number of hydrogen-bond acceptors (Lipinski definition) is 4. The van der Waals surface area contributed by atoms with E-state index < -0.39 is 11.5 Å². The van der Waals surface area contributed by atoms with Gasteiger partial charge < -0.3 is 19.9 Å². The Labute approximate surface area is 117 Å². The molecule has 110 valence electrons. The quantitative estimate of drug-likeness (QED) is 0.787. The monoisotopic (exact) mass is 281 g/mol. The number of methoxy groups -OCH3 is 2. The van der Waals surface area contributed by atoms with Crippen LogP contribution in [0.4, 0.5) is 0 Å². The Bertz CT molecular complexity index is 488. The first-order valence-corrected chi connectivity index (χ1v) is 6.07. The topological polar surface area (TPSA) is 84.9 Å².